The van der Waals surface area contributed by atoms with Crippen LogP contribution in [0.25, 0.3) is 0 Å². The van der Waals surface area contributed by atoms with E-state index < -0.39 is 53.7 Å². The van der Waals surface area contributed by atoms with E-state index in [4.69, 9.17) is 4.74 Å². The van der Waals surface area contributed by atoms with Gasteiger partial charge in [-0.1, -0.05) is 6.07 Å². The number of aromatic nitrogens is 3. The zero-order chi connectivity index (χ0) is 27.6. The molecular formula is C25H29F6N5O2. The standard InChI is InChI=1S/C25H29F6N5O2/c1-24(2,3)38-23(37)35-10-12-4-5-13(11-35)20(12)32-22-33-21-15(14-6-8-16(26)19(28)18(14)27)7-9-17(25(29,30)31)36(21)34-22/h6,8,12-13,15,17,20H,4-5,7,9-11H2,1-3H3,(H,32,34)/t12-,13+,15?,17?,20-. The molecule has 1 aromatic carbocycles. The summed E-state index contributed by atoms with van der Waals surface area (Å²) in [6.07, 6.45) is -4.00. The van der Waals surface area contributed by atoms with Gasteiger partial charge in [0.05, 0.1) is 0 Å². The van der Waals surface area contributed by atoms with E-state index in [1.165, 1.54) is 0 Å². The first-order valence-corrected chi connectivity index (χ1v) is 12.6. The highest BCUT2D eigenvalue weighted by Crippen LogP contribution is 2.45. The molecule has 13 heteroatoms. The number of anilines is 1. The van der Waals surface area contributed by atoms with Crippen LogP contribution in [-0.4, -0.2) is 56.7 Å². The lowest BCUT2D eigenvalue weighted by Gasteiger charge is -2.38. The molecule has 1 aliphatic carbocycles. The number of alkyl halides is 3. The van der Waals surface area contributed by atoms with Crippen LogP contribution in [-0.2, 0) is 4.74 Å². The molecular weight excluding hydrogens is 516 g/mol. The van der Waals surface area contributed by atoms with E-state index in [0.29, 0.717) is 13.1 Å². The summed E-state index contributed by atoms with van der Waals surface area (Å²) in [6, 6.07) is -0.373. The molecule has 2 aromatic rings. The number of halogens is 6. The molecule has 0 radical (unpaired) electrons. The zero-order valence-corrected chi connectivity index (χ0v) is 21.2. The van der Waals surface area contributed by atoms with Gasteiger partial charge in [0.2, 0.25) is 5.95 Å². The molecule has 2 fully saturated rings. The second-order valence-electron chi connectivity index (χ2n) is 11.3. The first-order chi connectivity index (χ1) is 17.7. The molecule has 2 aliphatic heterocycles. The number of fused-ring (bicyclic) bond motifs is 3. The summed E-state index contributed by atoms with van der Waals surface area (Å²) in [7, 11) is 0. The molecule has 1 saturated carbocycles. The van der Waals surface area contributed by atoms with Crippen molar-refractivity contribution in [2.24, 2.45) is 11.8 Å². The minimum Gasteiger partial charge on any atom is -0.444 e. The van der Waals surface area contributed by atoms with Crippen LogP contribution in [0.1, 0.15) is 69.8 Å². The second kappa shape index (κ2) is 9.33. The summed E-state index contributed by atoms with van der Waals surface area (Å²) in [5.74, 6) is -5.72. The number of hydrogen-bond acceptors (Lipinski definition) is 5. The van der Waals surface area contributed by atoms with Gasteiger partial charge in [-0.05, 0) is 64.4 Å². The van der Waals surface area contributed by atoms with Gasteiger partial charge < -0.3 is 15.0 Å². The van der Waals surface area contributed by atoms with Gasteiger partial charge in [-0.3, -0.25) is 0 Å². The monoisotopic (exact) mass is 545 g/mol. The minimum atomic E-state index is -4.63. The van der Waals surface area contributed by atoms with Crippen molar-refractivity contribution >= 4 is 12.0 Å². The highest BCUT2D eigenvalue weighted by atomic mass is 19.4. The Kier molecular flexibility index (Phi) is 6.54. The SMILES string of the molecule is CC(C)(C)OC(=O)N1C[C@H]2CC[C@@H](C1)[C@@H]2Nc1nc2n(n1)C(C(F)(F)F)CCC2c1ccc(F)c(F)c1F. The Morgan fingerprint density at radius 1 is 1.00 bits per heavy atom. The summed E-state index contributed by atoms with van der Waals surface area (Å²) in [6.45, 7) is 6.20. The maximum atomic E-state index is 14.6. The average Bonchev–Trinajstić information content (AvgIpc) is 3.31. The fraction of sp³-hybridized carbons (Fsp3) is 0.640. The molecule has 38 heavy (non-hydrogen) atoms. The number of ether oxygens (including phenoxy) is 1. The molecule has 3 heterocycles. The molecule has 1 aromatic heterocycles. The van der Waals surface area contributed by atoms with Crippen LogP contribution in [0.5, 0.6) is 0 Å². The molecule has 1 amide bonds. The van der Waals surface area contributed by atoms with Crippen LogP contribution < -0.4 is 5.32 Å². The highest BCUT2D eigenvalue weighted by molar-refractivity contribution is 5.68. The van der Waals surface area contributed by atoms with E-state index in [1.54, 1.807) is 25.7 Å². The van der Waals surface area contributed by atoms with Gasteiger partial charge >= 0.3 is 12.3 Å². The number of carbonyl (C=O) groups excluding carboxylic acids is 1. The zero-order valence-electron chi connectivity index (χ0n) is 21.2. The van der Waals surface area contributed by atoms with Crippen molar-refractivity contribution in [2.45, 2.75) is 76.2 Å². The molecule has 1 saturated heterocycles. The van der Waals surface area contributed by atoms with Crippen molar-refractivity contribution in [2.75, 3.05) is 18.4 Å². The number of likely N-dealkylation sites (tertiary alicyclic amines) is 1. The Morgan fingerprint density at radius 3 is 2.26 bits per heavy atom. The Balaban J connectivity index is 1.41. The van der Waals surface area contributed by atoms with E-state index in [1.807, 2.05) is 0 Å². The third-order valence-corrected chi connectivity index (χ3v) is 7.59. The lowest BCUT2D eigenvalue weighted by molar-refractivity contribution is -0.175. The Morgan fingerprint density at radius 2 is 1.66 bits per heavy atom. The first kappa shape index (κ1) is 26.6. The van der Waals surface area contributed by atoms with Crippen LogP contribution in [0.2, 0.25) is 0 Å². The topological polar surface area (TPSA) is 72.3 Å². The molecule has 7 nitrogen and oxygen atoms in total. The van der Waals surface area contributed by atoms with E-state index in [-0.39, 0.29) is 41.6 Å². The van der Waals surface area contributed by atoms with Crippen LogP contribution in [0.15, 0.2) is 12.1 Å². The maximum Gasteiger partial charge on any atom is 0.410 e. The highest BCUT2D eigenvalue weighted by Gasteiger charge is 2.48. The van der Waals surface area contributed by atoms with Crippen molar-refractivity contribution in [1.82, 2.24) is 19.7 Å². The number of nitrogens with zero attached hydrogens (tertiary/aromatic N) is 4. The first-order valence-electron chi connectivity index (χ1n) is 12.6. The fourth-order valence-corrected chi connectivity index (χ4v) is 5.93. The lowest BCUT2D eigenvalue weighted by Crippen LogP contribution is -2.51. The predicted molar refractivity (Wildman–Crippen MR) is 124 cm³/mol. The van der Waals surface area contributed by atoms with E-state index in [2.05, 4.69) is 15.4 Å². The van der Waals surface area contributed by atoms with Crippen LogP contribution in [0, 0.1) is 29.3 Å². The molecule has 2 bridgehead atoms. The van der Waals surface area contributed by atoms with Gasteiger partial charge in [-0.15, -0.1) is 5.10 Å². The number of carbonyl (C=O) groups is 1. The Labute approximate surface area is 215 Å². The molecule has 5 rings (SSSR count). The predicted octanol–water partition coefficient (Wildman–Crippen LogP) is 5.78. The lowest BCUT2D eigenvalue weighted by atomic mass is 9.88. The maximum absolute atomic E-state index is 14.6. The van der Waals surface area contributed by atoms with Gasteiger partial charge in [0.25, 0.3) is 0 Å². The van der Waals surface area contributed by atoms with E-state index in [0.717, 1.165) is 29.7 Å². The van der Waals surface area contributed by atoms with Crippen molar-refractivity contribution in [3.05, 3.63) is 41.0 Å². The van der Waals surface area contributed by atoms with E-state index >= 15 is 0 Å². The van der Waals surface area contributed by atoms with Gasteiger partial charge in [0.15, 0.2) is 17.5 Å². The van der Waals surface area contributed by atoms with Gasteiger partial charge in [0, 0.05) is 30.6 Å². The molecule has 0 spiro atoms. The molecule has 5 atom stereocenters. The Bertz CT molecular complexity index is 1210. The molecule has 2 unspecified atom stereocenters. The molecule has 1 N–H and O–H groups in total. The van der Waals surface area contributed by atoms with Crippen molar-refractivity contribution in [3.63, 3.8) is 0 Å². The fourth-order valence-electron chi connectivity index (χ4n) is 5.93. The van der Waals surface area contributed by atoms with Gasteiger partial charge in [0.1, 0.15) is 17.5 Å². The third kappa shape index (κ3) is 4.91. The van der Waals surface area contributed by atoms with Crippen molar-refractivity contribution in [3.8, 4) is 0 Å². The number of nitrogens with one attached hydrogen (secondary N) is 1. The quantitative estimate of drug-likeness (QED) is 0.391. The number of hydrogen-bond donors (Lipinski definition) is 1. The van der Waals surface area contributed by atoms with E-state index in [9.17, 15) is 31.1 Å². The van der Waals surface area contributed by atoms with Crippen molar-refractivity contribution < 1.29 is 35.9 Å². The Hall–Kier alpha value is -2.99. The van der Waals surface area contributed by atoms with Crippen LogP contribution >= 0.6 is 0 Å². The summed E-state index contributed by atoms with van der Waals surface area (Å²) in [4.78, 5) is 18.5. The summed E-state index contributed by atoms with van der Waals surface area (Å²) in [5, 5.41) is 7.29. The summed E-state index contributed by atoms with van der Waals surface area (Å²) < 4.78 is 89.8. The minimum absolute atomic E-state index is 0.0136. The molecule has 3 aliphatic rings. The summed E-state index contributed by atoms with van der Waals surface area (Å²) in [5.41, 5.74) is -0.904. The smallest absolute Gasteiger partial charge is 0.410 e. The normalized spacial score (nSPS) is 27.3. The largest absolute Gasteiger partial charge is 0.444 e. The second-order valence-corrected chi connectivity index (χ2v) is 11.3. The van der Waals surface area contributed by atoms with Crippen LogP contribution in [0.4, 0.5) is 37.1 Å². The molecule has 208 valence electrons. The number of piperidine rings is 1. The van der Waals surface area contributed by atoms with Gasteiger partial charge in [-0.25, -0.2) is 22.6 Å². The third-order valence-electron chi connectivity index (χ3n) is 7.59. The number of benzene rings is 1. The summed E-state index contributed by atoms with van der Waals surface area (Å²) >= 11 is 0. The van der Waals surface area contributed by atoms with Crippen molar-refractivity contribution in [1.29, 1.82) is 0 Å². The van der Waals surface area contributed by atoms with Crippen LogP contribution in [0.3, 0.4) is 0 Å². The average molecular weight is 546 g/mol. The number of rotatable bonds is 3. The van der Waals surface area contributed by atoms with Gasteiger partial charge in [-0.2, -0.15) is 18.2 Å². The number of amides is 1.